The molecule has 1 N–H and O–H groups in total. The minimum absolute atomic E-state index is 0.119. The molecular weight excluding hydrogens is 266 g/mol. The van der Waals surface area contributed by atoms with Gasteiger partial charge in [-0.05, 0) is 46.2 Å². The maximum atomic E-state index is 12.2. The van der Waals surface area contributed by atoms with Gasteiger partial charge in [0, 0.05) is 32.2 Å². The number of fused-ring (bicyclic) bond motifs is 1. The van der Waals surface area contributed by atoms with Crippen LogP contribution in [0.5, 0.6) is 0 Å². The fourth-order valence-corrected chi connectivity index (χ4v) is 3.58. The quantitative estimate of drug-likeness (QED) is 0.713. The second-order valence-corrected chi connectivity index (χ2v) is 6.47. The monoisotopic (exact) mass is 297 g/mol. The first-order valence-corrected chi connectivity index (χ1v) is 8.47. The number of esters is 1. The zero-order chi connectivity index (χ0) is 15.3. The molecule has 5 nitrogen and oxygen atoms in total. The average molecular weight is 297 g/mol. The third-order valence-electron chi connectivity index (χ3n) is 4.89. The average Bonchev–Trinajstić information content (AvgIpc) is 2.93. The molecule has 2 aliphatic heterocycles. The third kappa shape index (κ3) is 4.18. The van der Waals surface area contributed by atoms with E-state index in [1.54, 1.807) is 0 Å². The van der Waals surface area contributed by atoms with E-state index in [4.69, 9.17) is 4.74 Å². The number of piperazine rings is 1. The lowest BCUT2D eigenvalue weighted by atomic mass is 9.97. The lowest BCUT2D eigenvalue weighted by Gasteiger charge is -2.39. The van der Waals surface area contributed by atoms with Crippen LogP contribution in [0.1, 0.15) is 40.0 Å². The maximum absolute atomic E-state index is 12.2. The van der Waals surface area contributed by atoms with Crippen molar-refractivity contribution in [2.45, 2.75) is 51.6 Å². The van der Waals surface area contributed by atoms with Crippen molar-refractivity contribution in [3.63, 3.8) is 0 Å². The first-order valence-electron chi connectivity index (χ1n) is 8.47. The van der Waals surface area contributed by atoms with Crippen LogP contribution >= 0.6 is 0 Å². The molecule has 0 aromatic carbocycles. The topological polar surface area (TPSA) is 44.8 Å². The maximum Gasteiger partial charge on any atom is 0.326 e. The summed E-state index contributed by atoms with van der Waals surface area (Å²) in [6.45, 7) is 12.8. The van der Waals surface area contributed by atoms with Gasteiger partial charge in [-0.1, -0.05) is 6.92 Å². The number of nitrogens with zero attached hydrogens (tertiary/aromatic N) is 2. The van der Waals surface area contributed by atoms with E-state index in [0.717, 1.165) is 38.6 Å². The van der Waals surface area contributed by atoms with E-state index < -0.39 is 5.54 Å². The van der Waals surface area contributed by atoms with E-state index in [9.17, 15) is 4.79 Å². The second-order valence-electron chi connectivity index (χ2n) is 6.47. The normalized spacial score (nSPS) is 26.3. The number of hydrogen-bond donors (Lipinski definition) is 1. The van der Waals surface area contributed by atoms with Crippen molar-refractivity contribution in [1.29, 1.82) is 0 Å². The van der Waals surface area contributed by atoms with Gasteiger partial charge in [0.25, 0.3) is 0 Å². The highest BCUT2D eigenvalue weighted by molar-refractivity contribution is 5.80. The lowest BCUT2D eigenvalue weighted by molar-refractivity contribution is -0.151. The van der Waals surface area contributed by atoms with Gasteiger partial charge in [-0.2, -0.15) is 0 Å². The second kappa shape index (κ2) is 7.56. The highest BCUT2D eigenvalue weighted by Crippen LogP contribution is 2.22. The summed E-state index contributed by atoms with van der Waals surface area (Å²) >= 11 is 0. The summed E-state index contributed by atoms with van der Waals surface area (Å²) < 4.78 is 5.24. The highest BCUT2D eigenvalue weighted by Gasteiger charge is 2.36. The van der Waals surface area contributed by atoms with Gasteiger partial charge >= 0.3 is 5.97 Å². The predicted molar refractivity (Wildman–Crippen MR) is 84.4 cm³/mol. The van der Waals surface area contributed by atoms with Crippen LogP contribution < -0.4 is 5.32 Å². The van der Waals surface area contributed by atoms with E-state index in [2.05, 4.69) is 15.1 Å². The predicted octanol–water partition coefficient (Wildman–Crippen LogP) is 1.09. The zero-order valence-corrected chi connectivity index (χ0v) is 13.9. The molecule has 5 heteroatoms. The standard InChI is InChI=1S/C16H31N3O2/c1-4-17-16(3,15(20)21-5-2)8-10-18-11-12-19-9-6-7-14(19)13-18/h14,17H,4-13H2,1-3H3. The summed E-state index contributed by atoms with van der Waals surface area (Å²) in [4.78, 5) is 17.3. The summed E-state index contributed by atoms with van der Waals surface area (Å²) in [5, 5.41) is 3.32. The molecular formula is C16H31N3O2. The minimum Gasteiger partial charge on any atom is -0.465 e. The van der Waals surface area contributed by atoms with Gasteiger partial charge in [-0.15, -0.1) is 0 Å². The van der Waals surface area contributed by atoms with Crippen molar-refractivity contribution in [3.8, 4) is 0 Å². The van der Waals surface area contributed by atoms with E-state index in [-0.39, 0.29) is 5.97 Å². The van der Waals surface area contributed by atoms with E-state index >= 15 is 0 Å². The van der Waals surface area contributed by atoms with Crippen molar-refractivity contribution in [3.05, 3.63) is 0 Å². The Morgan fingerprint density at radius 2 is 2.14 bits per heavy atom. The molecule has 0 aromatic rings. The number of rotatable bonds is 7. The van der Waals surface area contributed by atoms with Crippen molar-refractivity contribution in [1.82, 2.24) is 15.1 Å². The molecule has 0 radical (unpaired) electrons. The smallest absolute Gasteiger partial charge is 0.326 e. The van der Waals surface area contributed by atoms with E-state index in [1.807, 2.05) is 20.8 Å². The van der Waals surface area contributed by atoms with E-state index in [1.165, 1.54) is 25.9 Å². The molecule has 0 bridgehead atoms. The summed E-state index contributed by atoms with van der Waals surface area (Å²) in [6.07, 6.45) is 3.49. The first kappa shape index (κ1) is 16.7. The zero-order valence-electron chi connectivity index (χ0n) is 13.9. The number of likely N-dealkylation sites (N-methyl/N-ethyl adjacent to an activating group) is 1. The highest BCUT2D eigenvalue weighted by atomic mass is 16.5. The molecule has 0 amide bonds. The fourth-order valence-electron chi connectivity index (χ4n) is 3.58. The van der Waals surface area contributed by atoms with Crippen LogP contribution in [0.3, 0.4) is 0 Å². The van der Waals surface area contributed by atoms with Crippen LogP contribution in [0.4, 0.5) is 0 Å². The van der Waals surface area contributed by atoms with Gasteiger partial charge in [-0.3, -0.25) is 9.69 Å². The van der Waals surface area contributed by atoms with Crippen LogP contribution in [-0.2, 0) is 9.53 Å². The minimum atomic E-state index is -0.558. The van der Waals surface area contributed by atoms with Gasteiger partial charge in [0.05, 0.1) is 6.61 Å². The Morgan fingerprint density at radius 1 is 1.33 bits per heavy atom. The van der Waals surface area contributed by atoms with Gasteiger partial charge in [0.15, 0.2) is 0 Å². The summed E-state index contributed by atoms with van der Waals surface area (Å²) in [5.74, 6) is -0.119. The largest absolute Gasteiger partial charge is 0.465 e. The molecule has 2 atom stereocenters. The molecule has 2 unspecified atom stereocenters. The Bertz CT molecular complexity index is 350. The summed E-state index contributed by atoms with van der Waals surface area (Å²) in [7, 11) is 0. The molecule has 2 heterocycles. The Kier molecular flexibility index (Phi) is 6.02. The molecule has 2 rings (SSSR count). The number of nitrogens with one attached hydrogen (secondary N) is 1. The number of hydrogen-bond acceptors (Lipinski definition) is 5. The SMILES string of the molecule is CCNC(C)(CCN1CCN2CCCC2C1)C(=O)OCC. The molecule has 122 valence electrons. The summed E-state index contributed by atoms with van der Waals surface area (Å²) in [6, 6.07) is 0.742. The van der Waals surface area contributed by atoms with Crippen LogP contribution in [-0.4, -0.2) is 73.2 Å². The van der Waals surface area contributed by atoms with Crippen molar-refractivity contribution < 1.29 is 9.53 Å². The Balaban J connectivity index is 1.85. The van der Waals surface area contributed by atoms with Crippen molar-refractivity contribution in [2.75, 3.05) is 45.9 Å². The summed E-state index contributed by atoms with van der Waals surface area (Å²) in [5.41, 5.74) is -0.558. The Labute approximate surface area is 129 Å². The molecule has 21 heavy (non-hydrogen) atoms. The van der Waals surface area contributed by atoms with Crippen LogP contribution in [0.25, 0.3) is 0 Å². The van der Waals surface area contributed by atoms with Crippen molar-refractivity contribution >= 4 is 5.97 Å². The molecule has 0 spiro atoms. The number of carbonyl (C=O) groups is 1. The number of carbonyl (C=O) groups excluding carboxylic acids is 1. The van der Waals surface area contributed by atoms with Crippen molar-refractivity contribution in [2.24, 2.45) is 0 Å². The van der Waals surface area contributed by atoms with Gasteiger partial charge in [-0.25, -0.2) is 0 Å². The molecule has 0 saturated carbocycles. The molecule has 0 aliphatic carbocycles. The van der Waals surface area contributed by atoms with Gasteiger partial charge in [0.2, 0.25) is 0 Å². The fraction of sp³-hybridized carbons (Fsp3) is 0.938. The number of ether oxygens (including phenoxy) is 1. The molecule has 2 saturated heterocycles. The molecule has 2 aliphatic rings. The third-order valence-corrected chi connectivity index (χ3v) is 4.89. The first-order chi connectivity index (χ1) is 10.1. The van der Waals surface area contributed by atoms with E-state index in [0.29, 0.717) is 6.61 Å². The Hall–Kier alpha value is -0.650. The van der Waals surface area contributed by atoms with Gasteiger partial charge in [0.1, 0.15) is 5.54 Å². The molecule has 2 fully saturated rings. The molecule has 0 aromatic heterocycles. The lowest BCUT2D eigenvalue weighted by Crippen LogP contribution is -2.55. The Morgan fingerprint density at radius 3 is 2.86 bits per heavy atom. The van der Waals surface area contributed by atoms with Gasteiger partial charge < -0.3 is 15.0 Å². The van der Waals surface area contributed by atoms with Crippen LogP contribution in [0.15, 0.2) is 0 Å². The van der Waals surface area contributed by atoms with Crippen LogP contribution in [0.2, 0.25) is 0 Å². The van der Waals surface area contributed by atoms with Crippen LogP contribution in [0, 0.1) is 0 Å².